The van der Waals surface area contributed by atoms with Crippen molar-refractivity contribution in [2.24, 2.45) is 5.10 Å². The summed E-state index contributed by atoms with van der Waals surface area (Å²) in [5, 5.41) is 7.88. The van der Waals surface area contributed by atoms with Crippen LogP contribution in [0.3, 0.4) is 0 Å². The number of hydrogen-bond donors (Lipinski definition) is 2. The summed E-state index contributed by atoms with van der Waals surface area (Å²) in [5.41, 5.74) is 4.76. The number of nitrogens with zero attached hydrogens (tertiary/aromatic N) is 1. The Morgan fingerprint density at radius 2 is 1.76 bits per heavy atom. The molecule has 3 aromatic carbocycles. The van der Waals surface area contributed by atoms with E-state index in [9.17, 15) is 9.59 Å². The Morgan fingerprint density at radius 3 is 2.56 bits per heavy atom. The first-order chi connectivity index (χ1) is 16.4. The van der Waals surface area contributed by atoms with E-state index in [-0.39, 0.29) is 24.7 Å². The molecule has 34 heavy (non-hydrogen) atoms. The molecule has 0 aliphatic carbocycles. The number of benzene rings is 3. The van der Waals surface area contributed by atoms with Crippen LogP contribution in [0.15, 0.2) is 76.3 Å². The number of halogens is 3. The molecular formula is C25H22BrCl2N3O3. The Kier molecular flexibility index (Phi) is 9.94. The predicted molar refractivity (Wildman–Crippen MR) is 140 cm³/mol. The van der Waals surface area contributed by atoms with Crippen molar-refractivity contribution in [3.8, 4) is 5.75 Å². The lowest BCUT2D eigenvalue weighted by atomic mass is 10.2. The third-order valence-corrected chi connectivity index (χ3v) is 5.67. The van der Waals surface area contributed by atoms with Crippen LogP contribution < -0.4 is 15.5 Å². The molecule has 0 heterocycles. The third kappa shape index (κ3) is 8.82. The number of nitrogens with one attached hydrogen (secondary N) is 2. The van der Waals surface area contributed by atoms with E-state index in [0.717, 1.165) is 15.6 Å². The van der Waals surface area contributed by atoms with Gasteiger partial charge in [-0.05, 0) is 54.4 Å². The Bertz CT molecular complexity index is 1190. The van der Waals surface area contributed by atoms with Crippen LogP contribution in [0, 0.1) is 0 Å². The van der Waals surface area contributed by atoms with Gasteiger partial charge in [0.25, 0.3) is 0 Å². The fourth-order valence-corrected chi connectivity index (χ4v) is 3.78. The van der Waals surface area contributed by atoms with E-state index in [1.165, 1.54) is 6.21 Å². The molecule has 3 aromatic rings. The molecule has 176 valence electrons. The van der Waals surface area contributed by atoms with Crippen LogP contribution in [0.2, 0.25) is 10.0 Å². The number of hydrogen-bond acceptors (Lipinski definition) is 4. The highest BCUT2D eigenvalue weighted by molar-refractivity contribution is 9.10. The summed E-state index contributed by atoms with van der Waals surface area (Å²) in [6, 6.07) is 19.8. The molecule has 2 amide bonds. The SMILES string of the molecule is O=C(CCCC(=O)Nc1cccc(Br)c1)N/N=C\c1cccc(OCc2ccc(Cl)cc2Cl)c1. The van der Waals surface area contributed by atoms with Crippen molar-refractivity contribution in [2.75, 3.05) is 5.32 Å². The maximum Gasteiger partial charge on any atom is 0.240 e. The molecule has 0 aliphatic heterocycles. The molecule has 0 unspecified atom stereocenters. The second-order valence-electron chi connectivity index (χ2n) is 7.30. The van der Waals surface area contributed by atoms with Gasteiger partial charge in [-0.15, -0.1) is 0 Å². The van der Waals surface area contributed by atoms with E-state index in [1.54, 1.807) is 24.3 Å². The second kappa shape index (κ2) is 13.1. The Balaban J connectivity index is 1.39. The largest absolute Gasteiger partial charge is 0.489 e. The molecule has 0 saturated carbocycles. The summed E-state index contributed by atoms with van der Waals surface area (Å²) in [5.74, 6) is 0.222. The van der Waals surface area contributed by atoms with E-state index >= 15 is 0 Å². The molecule has 0 fully saturated rings. The fourth-order valence-electron chi connectivity index (χ4n) is 2.92. The zero-order chi connectivity index (χ0) is 24.3. The molecule has 0 aliphatic rings. The number of rotatable bonds is 10. The summed E-state index contributed by atoms with van der Waals surface area (Å²) < 4.78 is 6.67. The minimum Gasteiger partial charge on any atom is -0.489 e. The number of carbonyl (C=O) groups is 2. The van der Waals surface area contributed by atoms with Crippen molar-refractivity contribution in [2.45, 2.75) is 25.9 Å². The van der Waals surface area contributed by atoms with Crippen LogP contribution in [-0.4, -0.2) is 18.0 Å². The molecule has 9 heteroatoms. The van der Waals surface area contributed by atoms with Gasteiger partial charge in [0, 0.05) is 38.6 Å². The zero-order valence-corrected chi connectivity index (χ0v) is 21.2. The average molecular weight is 563 g/mol. The summed E-state index contributed by atoms with van der Waals surface area (Å²) in [7, 11) is 0. The maximum absolute atomic E-state index is 12.0. The fraction of sp³-hybridized carbons (Fsp3) is 0.160. The van der Waals surface area contributed by atoms with Gasteiger partial charge in [0.15, 0.2) is 0 Å². The Labute approximate surface area is 216 Å². The van der Waals surface area contributed by atoms with Crippen molar-refractivity contribution in [3.63, 3.8) is 0 Å². The van der Waals surface area contributed by atoms with Gasteiger partial charge in [0.2, 0.25) is 11.8 Å². The van der Waals surface area contributed by atoms with E-state index < -0.39 is 0 Å². The predicted octanol–water partition coefficient (Wildman–Crippen LogP) is 6.59. The van der Waals surface area contributed by atoms with Crippen LogP contribution >= 0.6 is 39.1 Å². The van der Waals surface area contributed by atoms with E-state index in [4.69, 9.17) is 27.9 Å². The van der Waals surface area contributed by atoms with Gasteiger partial charge >= 0.3 is 0 Å². The summed E-state index contributed by atoms with van der Waals surface area (Å²) >= 11 is 15.4. The maximum atomic E-state index is 12.0. The lowest BCUT2D eigenvalue weighted by Crippen LogP contribution is -2.18. The van der Waals surface area contributed by atoms with E-state index in [2.05, 4.69) is 31.8 Å². The molecule has 0 aromatic heterocycles. The summed E-state index contributed by atoms with van der Waals surface area (Å²) in [4.78, 5) is 24.0. The second-order valence-corrected chi connectivity index (χ2v) is 9.06. The van der Waals surface area contributed by atoms with Crippen LogP contribution in [0.5, 0.6) is 5.75 Å². The van der Waals surface area contributed by atoms with Crippen molar-refractivity contribution < 1.29 is 14.3 Å². The van der Waals surface area contributed by atoms with Crippen LogP contribution in [0.1, 0.15) is 30.4 Å². The van der Waals surface area contributed by atoms with Gasteiger partial charge in [0.05, 0.1) is 6.21 Å². The molecule has 6 nitrogen and oxygen atoms in total. The highest BCUT2D eigenvalue weighted by atomic mass is 79.9. The number of hydrazone groups is 1. The van der Waals surface area contributed by atoms with Gasteiger partial charge in [-0.1, -0.05) is 63.4 Å². The molecule has 3 rings (SSSR count). The van der Waals surface area contributed by atoms with Crippen molar-refractivity contribution in [3.05, 3.63) is 92.4 Å². The van der Waals surface area contributed by atoms with Crippen LogP contribution in [0.4, 0.5) is 5.69 Å². The van der Waals surface area contributed by atoms with Crippen LogP contribution in [0.25, 0.3) is 0 Å². The molecule has 0 bridgehead atoms. The van der Waals surface area contributed by atoms with E-state index in [1.807, 2.05) is 42.5 Å². The highest BCUT2D eigenvalue weighted by Gasteiger charge is 2.06. The monoisotopic (exact) mass is 561 g/mol. The number of anilines is 1. The number of carbonyl (C=O) groups excluding carboxylic acids is 2. The van der Waals surface area contributed by atoms with Gasteiger partial charge in [0.1, 0.15) is 12.4 Å². The number of ether oxygens (including phenoxy) is 1. The van der Waals surface area contributed by atoms with Gasteiger partial charge in [-0.3, -0.25) is 9.59 Å². The molecule has 0 spiro atoms. The van der Waals surface area contributed by atoms with Gasteiger partial charge < -0.3 is 10.1 Å². The minimum absolute atomic E-state index is 0.147. The summed E-state index contributed by atoms with van der Waals surface area (Å²) in [6.45, 7) is 0.294. The molecule has 0 saturated heterocycles. The first-order valence-corrected chi connectivity index (χ1v) is 12.0. The third-order valence-electron chi connectivity index (χ3n) is 4.59. The van der Waals surface area contributed by atoms with Crippen molar-refractivity contribution in [1.82, 2.24) is 5.43 Å². The topological polar surface area (TPSA) is 79.8 Å². The number of amides is 2. The molecule has 2 N–H and O–H groups in total. The van der Waals surface area contributed by atoms with E-state index in [0.29, 0.717) is 34.5 Å². The smallest absolute Gasteiger partial charge is 0.240 e. The van der Waals surface area contributed by atoms with Crippen LogP contribution in [-0.2, 0) is 16.2 Å². The van der Waals surface area contributed by atoms with Crippen molar-refractivity contribution >= 4 is 62.8 Å². The first-order valence-electron chi connectivity index (χ1n) is 10.4. The normalized spacial score (nSPS) is 10.8. The van der Waals surface area contributed by atoms with Gasteiger partial charge in [-0.25, -0.2) is 5.43 Å². The average Bonchev–Trinajstić information content (AvgIpc) is 2.79. The standard InChI is InChI=1S/C25H22BrCl2N3O3/c26-19-5-2-6-21(13-19)30-24(32)8-3-9-25(33)31-29-15-17-4-1-7-22(12-17)34-16-18-10-11-20(27)14-23(18)28/h1-2,4-7,10-15H,3,8-9,16H2,(H,30,32)(H,31,33)/b29-15-. The lowest BCUT2D eigenvalue weighted by molar-refractivity contribution is -0.121. The minimum atomic E-state index is -0.267. The molecule has 0 atom stereocenters. The lowest BCUT2D eigenvalue weighted by Gasteiger charge is -2.08. The van der Waals surface area contributed by atoms with Gasteiger partial charge in [-0.2, -0.15) is 5.10 Å². The quantitative estimate of drug-likeness (QED) is 0.216. The van der Waals surface area contributed by atoms with Crippen molar-refractivity contribution in [1.29, 1.82) is 0 Å². The highest BCUT2D eigenvalue weighted by Crippen LogP contribution is 2.23. The Hall–Kier alpha value is -2.87. The molecule has 0 radical (unpaired) electrons. The first kappa shape index (κ1) is 25.7. The summed E-state index contributed by atoms with van der Waals surface area (Å²) in [6.07, 6.45) is 2.37. The zero-order valence-electron chi connectivity index (χ0n) is 18.1. The Morgan fingerprint density at radius 1 is 0.971 bits per heavy atom. The molecular weight excluding hydrogens is 541 g/mol.